The Kier molecular flexibility index (Phi) is 5.04. The number of fused-ring (bicyclic) bond motifs is 1. The van der Waals surface area contributed by atoms with Crippen LogP contribution in [0.15, 0.2) is 19.7 Å². The molecule has 1 aromatic carbocycles. The molecule has 0 amide bonds. The monoisotopic (exact) mass is 434 g/mol. The third-order valence-corrected chi connectivity index (χ3v) is 8.64. The van der Waals surface area contributed by atoms with Crippen molar-refractivity contribution in [1.82, 2.24) is 9.88 Å². The van der Waals surface area contributed by atoms with E-state index in [0.29, 0.717) is 0 Å². The van der Waals surface area contributed by atoms with Crippen molar-refractivity contribution in [3.05, 3.63) is 11.1 Å². The summed E-state index contributed by atoms with van der Waals surface area (Å²) in [6, 6.07) is 0. The fraction of sp³-hybridized carbons (Fsp3) is 0.500. The van der Waals surface area contributed by atoms with Crippen LogP contribution in [0, 0.1) is 6.92 Å². The second-order valence-corrected chi connectivity index (χ2v) is 10.7. The SMILES string of the molecule is Cc1c(S)c(S)c(S)c2[nH]c(S)c(C3CC(S)(S)N(C)C3(C)C)c12. The number of hydrogen-bond donors (Lipinski definition) is 7. The van der Waals surface area contributed by atoms with E-state index in [1.165, 1.54) is 5.56 Å². The fourth-order valence-corrected chi connectivity index (χ4v) is 5.88. The highest BCUT2D eigenvalue weighted by Crippen LogP contribution is 2.56. The third-order valence-electron chi connectivity index (χ3n) is 5.51. The number of thiol groups is 6. The Hall–Kier alpha value is 0.820. The minimum absolute atomic E-state index is 0.115. The molecule has 0 radical (unpaired) electrons. The topological polar surface area (TPSA) is 19.0 Å². The van der Waals surface area contributed by atoms with Gasteiger partial charge in [-0.3, -0.25) is 4.90 Å². The first-order chi connectivity index (χ1) is 10.9. The van der Waals surface area contributed by atoms with Gasteiger partial charge in [0.15, 0.2) is 0 Å². The van der Waals surface area contributed by atoms with Gasteiger partial charge < -0.3 is 4.98 Å². The van der Waals surface area contributed by atoms with Gasteiger partial charge in [0, 0.05) is 31.5 Å². The smallest absolute Gasteiger partial charge is 0.109 e. The minimum atomic E-state index is -0.469. The van der Waals surface area contributed by atoms with Crippen molar-refractivity contribution >= 4 is 86.7 Å². The van der Waals surface area contributed by atoms with E-state index < -0.39 is 4.20 Å². The molecule has 1 atom stereocenters. The molecule has 2 aromatic rings. The van der Waals surface area contributed by atoms with Crippen molar-refractivity contribution in [2.24, 2.45) is 0 Å². The van der Waals surface area contributed by atoms with Gasteiger partial charge >= 0.3 is 0 Å². The molecule has 1 fully saturated rings. The van der Waals surface area contributed by atoms with Gasteiger partial charge in [-0.2, -0.15) is 0 Å². The molecule has 1 N–H and O–H groups in total. The van der Waals surface area contributed by atoms with E-state index in [4.69, 9.17) is 37.9 Å². The summed E-state index contributed by atoms with van der Waals surface area (Å²) in [5.41, 5.74) is 3.13. The zero-order chi connectivity index (χ0) is 18.2. The standard InChI is InChI=1S/C16H22N2S6/c1-6-8-9(7-5-16(23,24)18(4)15(7,2)3)14(22)17-10(8)12(20)13(21)11(6)19/h7,17,19-24H,5H2,1-4H3. The molecule has 132 valence electrons. The van der Waals surface area contributed by atoms with Gasteiger partial charge in [0.25, 0.3) is 0 Å². The van der Waals surface area contributed by atoms with E-state index in [0.717, 1.165) is 42.6 Å². The van der Waals surface area contributed by atoms with Crippen LogP contribution < -0.4 is 0 Å². The fourth-order valence-electron chi connectivity index (χ4n) is 3.75. The molecule has 1 saturated heterocycles. The van der Waals surface area contributed by atoms with Crippen LogP contribution in [0.25, 0.3) is 10.9 Å². The van der Waals surface area contributed by atoms with Gasteiger partial charge in [-0.25, -0.2) is 0 Å². The lowest BCUT2D eigenvalue weighted by Crippen LogP contribution is -2.44. The van der Waals surface area contributed by atoms with E-state index in [-0.39, 0.29) is 11.5 Å². The lowest BCUT2D eigenvalue weighted by molar-refractivity contribution is 0.181. The van der Waals surface area contributed by atoms with Crippen LogP contribution in [0.2, 0.25) is 0 Å². The van der Waals surface area contributed by atoms with Crippen LogP contribution in [0.4, 0.5) is 0 Å². The molecule has 8 heteroatoms. The Morgan fingerprint density at radius 3 is 2.12 bits per heavy atom. The zero-order valence-corrected chi connectivity index (χ0v) is 19.3. The van der Waals surface area contributed by atoms with E-state index in [9.17, 15) is 0 Å². The molecule has 0 spiro atoms. The molecular formula is C16H22N2S6. The van der Waals surface area contributed by atoms with Crippen LogP contribution in [-0.2, 0) is 0 Å². The number of benzene rings is 1. The number of nitrogens with one attached hydrogen (secondary N) is 1. The predicted octanol–water partition coefficient (Wildman–Crippen LogP) is 5.34. The molecule has 1 unspecified atom stereocenters. The van der Waals surface area contributed by atoms with Crippen LogP contribution >= 0.6 is 75.8 Å². The second-order valence-electron chi connectivity index (χ2n) is 7.05. The van der Waals surface area contributed by atoms with Crippen molar-refractivity contribution in [3.63, 3.8) is 0 Å². The van der Waals surface area contributed by atoms with Crippen molar-refractivity contribution in [1.29, 1.82) is 0 Å². The Balaban J connectivity index is 2.34. The molecule has 0 aliphatic carbocycles. The van der Waals surface area contributed by atoms with Gasteiger partial charge in [0.2, 0.25) is 0 Å². The Bertz CT molecular complexity index is 839. The van der Waals surface area contributed by atoms with E-state index in [1.807, 2.05) is 0 Å². The molecule has 1 aliphatic heterocycles. The number of aromatic amines is 1. The van der Waals surface area contributed by atoms with Gasteiger partial charge in [-0.15, -0.1) is 75.8 Å². The number of likely N-dealkylation sites (tertiary alicyclic amines) is 1. The van der Waals surface area contributed by atoms with E-state index in [1.54, 1.807) is 0 Å². The van der Waals surface area contributed by atoms with Gasteiger partial charge in [0.1, 0.15) is 4.20 Å². The van der Waals surface area contributed by atoms with Crippen LogP contribution in [0.1, 0.15) is 37.3 Å². The Labute approximate surface area is 176 Å². The van der Waals surface area contributed by atoms with Crippen molar-refractivity contribution in [3.8, 4) is 0 Å². The average Bonchev–Trinajstić information content (AvgIpc) is 2.91. The maximum absolute atomic E-state index is 4.77. The van der Waals surface area contributed by atoms with Gasteiger partial charge in [-0.1, -0.05) is 0 Å². The Morgan fingerprint density at radius 2 is 1.62 bits per heavy atom. The zero-order valence-electron chi connectivity index (χ0n) is 13.9. The molecule has 2 nitrogen and oxygen atoms in total. The number of rotatable bonds is 1. The first-order valence-electron chi connectivity index (χ1n) is 7.58. The number of aromatic nitrogens is 1. The third kappa shape index (κ3) is 2.67. The van der Waals surface area contributed by atoms with Crippen LogP contribution in [0.5, 0.6) is 0 Å². The highest BCUT2D eigenvalue weighted by atomic mass is 32.2. The molecule has 3 rings (SSSR count). The van der Waals surface area contributed by atoms with Gasteiger partial charge in [0.05, 0.1) is 10.5 Å². The average molecular weight is 435 g/mol. The maximum Gasteiger partial charge on any atom is 0.109 e. The van der Waals surface area contributed by atoms with Crippen LogP contribution in [0.3, 0.4) is 0 Å². The second kappa shape index (κ2) is 6.17. The predicted molar refractivity (Wildman–Crippen MR) is 122 cm³/mol. The largest absolute Gasteiger partial charge is 0.349 e. The summed E-state index contributed by atoms with van der Waals surface area (Å²) >= 11 is 28.1. The summed E-state index contributed by atoms with van der Waals surface area (Å²) in [6.07, 6.45) is 0.815. The minimum Gasteiger partial charge on any atom is -0.349 e. The van der Waals surface area contributed by atoms with Crippen LogP contribution in [-0.4, -0.2) is 26.7 Å². The van der Waals surface area contributed by atoms with E-state index >= 15 is 0 Å². The number of nitrogens with zero attached hydrogens (tertiary/aromatic N) is 1. The Morgan fingerprint density at radius 1 is 1.04 bits per heavy atom. The summed E-state index contributed by atoms with van der Waals surface area (Å²) in [7, 11) is 2.07. The molecule has 24 heavy (non-hydrogen) atoms. The molecule has 0 bridgehead atoms. The van der Waals surface area contributed by atoms with Gasteiger partial charge in [-0.05, 0) is 45.4 Å². The number of aryl methyl sites for hydroxylation is 1. The summed E-state index contributed by atoms with van der Waals surface area (Å²) in [6.45, 7) is 6.52. The highest BCUT2D eigenvalue weighted by Gasteiger charge is 2.52. The number of H-pyrrole nitrogens is 1. The summed E-state index contributed by atoms with van der Waals surface area (Å²) in [4.78, 5) is 8.06. The highest BCUT2D eigenvalue weighted by molar-refractivity contribution is 8.00. The first-order valence-corrected chi connectivity index (χ1v) is 10.3. The molecule has 1 aliphatic rings. The molecular weight excluding hydrogens is 413 g/mol. The molecule has 1 aromatic heterocycles. The van der Waals surface area contributed by atoms with Crippen molar-refractivity contribution in [2.75, 3.05) is 7.05 Å². The van der Waals surface area contributed by atoms with E-state index in [2.05, 4.69) is 75.6 Å². The molecule has 2 heterocycles. The molecule has 0 saturated carbocycles. The normalized spacial score (nSPS) is 23.3. The quantitative estimate of drug-likeness (QED) is 0.238. The first kappa shape index (κ1) is 19.6. The van der Waals surface area contributed by atoms with Crippen molar-refractivity contribution < 1.29 is 0 Å². The summed E-state index contributed by atoms with van der Waals surface area (Å²) in [5, 5.41) is 2.00. The maximum atomic E-state index is 4.77. The lowest BCUT2D eigenvalue weighted by Gasteiger charge is -2.37. The summed E-state index contributed by atoms with van der Waals surface area (Å²) in [5.74, 6) is 0.226. The number of likely N-dealkylation sites (N-methyl/N-ethyl adjacent to an activating group) is 1. The number of hydrogen-bond acceptors (Lipinski definition) is 7. The lowest BCUT2D eigenvalue weighted by atomic mass is 9.82. The summed E-state index contributed by atoms with van der Waals surface area (Å²) < 4.78 is -0.469. The van der Waals surface area contributed by atoms with Crippen molar-refractivity contribution in [2.45, 2.75) is 62.6 Å².